The summed E-state index contributed by atoms with van der Waals surface area (Å²) in [6.07, 6.45) is 3.53. The molecule has 0 radical (unpaired) electrons. The van der Waals surface area contributed by atoms with E-state index in [4.69, 9.17) is 5.11 Å². The van der Waals surface area contributed by atoms with Crippen LogP contribution in [-0.4, -0.2) is 20.6 Å². The van der Waals surface area contributed by atoms with E-state index in [1.807, 2.05) is 5.38 Å². The molecule has 0 aromatic carbocycles. The average Bonchev–Trinajstić information content (AvgIpc) is 2.79. The van der Waals surface area contributed by atoms with Gasteiger partial charge in [0, 0.05) is 11.6 Å². The molecule has 6 heteroatoms. The van der Waals surface area contributed by atoms with Crippen molar-refractivity contribution in [2.75, 3.05) is 0 Å². The van der Waals surface area contributed by atoms with Crippen LogP contribution in [0.3, 0.4) is 0 Å². The standard InChI is InChI=1S/C13H14N2O3S/c1-2-4-11-14-9(8-19-11)7-15-6-3-5-10(12(15)16)13(17)18/h3,5-6,8H,2,4,7H2,1H3,(H,17,18). The van der Waals surface area contributed by atoms with Crippen LogP contribution in [0.4, 0.5) is 0 Å². The monoisotopic (exact) mass is 278 g/mol. The molecule has 0 aliphatic carbocycles. The molecular weight excluding hydrogens is 264 g/mol. The second kappa shape index (κ2) is 5.79. The summed E-state index contributed by atoms with van der Waals surface area (Å²) in [5.41, 5.74) is 0.0737. The first kappa shape index (κ1) is 13.5. The SMILES string of the molecule is CCCc1nc(Cn2cccc(C(=O)O)c2=O)cs1. The van der Waals surface area contributed by atoms with Crippen LogP contribution in [0, 0.1) is 0 Å². The topological polar surface area (TPSA) is 72.2 Å². The maximum Gasteiger partial charge on any atom is 0.341 e. The number of carboxylic acid groups (broad SMARTS) is 1. The lowest BCUT2D eigenvalue weighted by Gasteiger charge is -2.04. The van der Waals surface area contributed by atoms with Gasteiger partial charge in [-0.3, -0.25) is 4.79 Å². The van der Waals surface area contributed by atoms with Crippen molar-refractivity contribution in [1.29, 1.82) is 0 Å². The largest absolute Gasteiger partial charge is 0.477 e. The zero-order valence-corrected chi connectivity index (χ0v) is 11.3. The highest BCUT2D eigenvalue weighted by Crippen LogP contribution is 2.12. The van der Waals surface area contributed by atoms with Crippen LogP contribution in [-0.2, 0) is 13.0 Å². The van der Waals surface area contributed by atoms with Gasteiger partial charge in [-0.05, 0) is 25.0 Å². The van der Waals surface area contributed by atoms with E-state index < -0.39 is 11.5 Å². The molecule has 0 saturated heterocycles. The van der Waals surface area contributed by atoms with Crippen LogP contribution in [0.5, 0.6) is 0 Å². The Morgan fingerprint density at radius 3 is 3.00 bits per heavy atom. The fourth-order valence-corrected chi connectivity index (χ4v) is 2.64. The van der Waals surface area contributed by atoms with E-state index in [1.165, 1.54) is 10.6 Å². The Morgan fingerprint density at radius 2 is 2.32 bits per heavy atom. The number of carbonyl (C=O) groups is 1. The number of carboxylic acids is 1. The summed E-state index contributed by atoms with van der Waals surface area (Å²) in [5.74, 6) is -1.20. The molecule has 0 fully saturated rings. The molecule has 2 rings (SSSR count). The molecule has 0 saturated carbocycles. The highest BCUT2D eigenvalue weighted by molar-refractivity contribution is 7.09. The summed E-state index contributed by atoms with van der Waals surface area (Å²) in [6, 6.07) is 2.87. The van der Waals surface area contributed by atoms with Crippen molar-refractivity contribution in [3.05, 3.63) is 50.3 Å². The lowest BCUT2D eigenvalue weighted by molar-refractivity contribution is 0.0694. The smallest absolute Gasteiger partial charge is 0.341 e. The van der Waals surface area contributed by atoms with Gasteiger partial charge in [0.15, 0.2) is 0 Å². The molecule has 19 heavy (non-hydrogen) atoms. The van der Waals surface area contributed by atoms with E-state index in [0.717, 1.165) is 23.5 Å². The van der Waals surface area contributed by atoms with Gasteiger partial charge in [-0.25, -0.2) is 9.78 Å². The molecule has 100 valence electrons. The second-order valence-electron chi connectivity index (χ2n) is 4.14. The molecule has 2 heterocycles. The molecule has 0 amide bonds. The van der Waals surface area contributed by atoms with Gasteiger partial charge in [0.05, 0.1) is 17.2 Å². The number of thiazole rings is 1. The van der Waals surface area contributed by atoms with Crippen molar-refractivity contribution in [1.82, 2.24) is 9.55 Å². The van der Waals surface area contributed by atoms with Crippen LogP contribution < -0.4 is 5.56 Å². The molecule has 1 N–H and O–H groups in total. The predicted molar refractivity (Wildman–Crippen MR) is 72.9 cm³/mol. The summed E-state index contributed by atoms with van der Waals surface area (Å²) in [7, 11) is 0. The number of hydrogen-bond donors (Lipinski definition) is 1. The lowest BCUT2D eigenvalue weighted by atomic mass is 10.3. The van der Waals surface area contributed by atoms with Crippen molar-refractivity contribution in [2.24, 2.45) is 0 Å². The van der Waals surface area contributed by atoms with Gasteiger partial charge >= 0.3 is 5.97 Å². The first-order chi connectivity index (χ1) is 9.11. The molecule has 2 aromatic rings. The fourth-order valence-electron chi connectivity index (χ4n) is 1.75. The number of aromatic nitrogens is 2. The number of pyridine rings is 1. The summed E-state index contributed by atoms with van der Waals surface area (Å²) in [6.45, 7) is 2.39. The molecule has 0 aliphatic rings. The van der Waals surface area contributed by atoms with Crippen LogP contribution in [0.25, 0.3) is 0 Å². The molecule has 5 nitrogen and oxygen atoms in total. The lowest BCUT2D eigenvalue weighted by Crippen LogP contribution is -2.26. The minimum absolute atomic E-state index is 0.216. The van der Waals surface area contributed by atoms with Crippen molar-refractivity contribution in [3.8, 4) is 0 Å². The molecular formula is C13H14N2O3S. The molecule has 2 aromatic heterocycles. The summed E-state index contributed by atoms with van der Waals surface area (Å²) in [5, 5.41) is 11.9. The Bertz CT molecular complexity index is 645. The van der Waals surface area contributed by atoms with Gasteiger partial charge in [0.1, 0.15) is 5.56 Å². The quantitative estimate of drug-likeness (QED) is 0.908. The molecule has 0 spiro atoms. The van der Waals surface area contributed by atoms with Crippen molar-refractivity contribution < 1.29 is 9.90 Å². The maximum absolute atomic E-state index is 11.9. The summed E-state index contributed by atoms with van der Waals surface area (Å²) >= 11 is 1.57. The van der Waals surface area contributed by atoms with Crippen molar-refractivity contribution in [3.63, 3.8) is 0 Å². The Balaban J connectivity index is 2.25. The van der Waals surface area contributed by atoms with Crippen molar-refractivity contribution >= 4 is 17.3 Å². The minimum Gasteiger partial charge on any atom is -0.477 e. The highest BCUT2D eigenvalue weighted by Gasteiger charge is 2.11. The number of aryl methyl sites for hydroxylation is 1. The number of hydrogen-bond acceptors (Lipinski definition) is 4. The van der Waals surface area contributed by atoms with E-state index in [1.54, 1.807) is 23.6 Å². The highest BCUT2D eigenvalue weighted by atomic mass is 32.1. The number of rotatable bonds is 5. The Labute approximate surface area is 114 Å². The third kappa shape index (κ3) is 3.08. The molecule has 0 unspecified atom stereocenters. The third-order valence-corrected chi connectivity index (χ3v) is 3.60. The predicted octanol–water partition coefficient (Wildman–Crippen LogP) is 2.00. The zero-order valence-electron chi connectivity index (χ0n) is 10.5. The van der Waals surface area contributed by atoms with Crippen LogP contribution in [0.1, 0.15) is 34.4 Å². The van der Waals surface area contributed by atoms with Gasteiger partial charge in [0.2, 0.25) is 0 Å². The van der Waals surface area contributed by atoms with Crippen LogP contribution >= 0.6 is 11.3 Å². The van der Waals surface area contributed by atoms with Gasteiger partial charge in [-0.1, -0.05) is 6.92 Å². The average molecular weight is 278 g/mol. The Hall–Kier alpha value is -1.95. The second-order valence-corrected chi connectivity index (χ2v) is 5.09. The normalized spacial score (nSPS) is 10.6. The van der Waals surface area contributed by atoms with Gasteiger partial charge in [0.25, 0.3) is 5.56 Å². The molecule has 0 bridgehead atoms. The zero-order chi connectivity index (χ0) is 13.8. The molecule has 0 atom stereocenters. The Kier molecular flexibility index (Phi) is 4.11. The first-order valence-electron chi connectivity index (χ1n) is 5.98. The number of nitrogens with zero attached hydrogens (tertiary/aromatic N) is 2. The van der Waals surface area contributed by atoms with Crippen molar-refractivity contribution in [2.45, 2.75) is 26.3 Å². The first-order valence-corrected chi connectivity index (χ1v) is 6.85. The van der Waals surface area contributed by atoms with E-state index >= 15 is 0 Å². The summed E-state index contributed by atoms with van der Waals surface area (Å²) < 4.78 is 1.37. The Morgan fingerprint density at radius 1 is 1.53 bits per heavy atom. The minimum atomic E-state index is -1.20. The third-order valence-electron chi connectivity index (χ3n) is 2.65. The van der Waals surface area contributed by atoms with Gasteiger partial charge < -0.3 is 9.67 Å². The van der Waals surface area contributed by atoms with Crippen LogP contribution in [0.15, 0.2) is 28.5 Å². The maximum atomic E-state index is 11.9. The van der Waals surface area contributed by atoms with E-state index in [9.17, 15) is 9.59 Å². The van der Waals surface area contributed by atoms with E-state index in [2.05, 4.69) is 11.9 Å². The van der Waals surface area contributed by atoms with Gasteiger partial charge in [-0.2, -0.15) is 0 Å². The van der Waals surface area contributed by atoms with E-state index in [-0.39, 0.29) is 5.56 Å². The number of aromatic carboxylic acids is 1. The van der Waals surface area contributed by atoms with E-state index in [0.29, 0.717) is 6.54 Å². The summed E-state index contributed by atoms with van der Waals surface area (Å²) in [4.78, 5) is 27.2. The fraction of sp³-hybridized carbons (Fsp3) is 0.308. The van der Waals surface area contributed by atoms with Crippen LogP contribution in [0.2, 0.25) is 0 Å². The molecule has 0 aliphatic heterocycles. The van der Waals surface area contributed by atoms with Gasteiger partial charge in [-0.15, -0.1) is 11.3 Å².